The first kappa shape index (κ1) is 12.5. The van der Waals surface area contributed by atoms with Gasteiger partial charge in [0, 0.05) is 5.56 Å². The smallest absolute Gasteiger partial charge is 0.268 e. The number of hydrogen-bond acceptors (Lipinski definition) is 2. The van der Waals surface area contributed by atoms with Crippen LogP contribution in [0.25, 0.3) is 0 Å². The van der Waals surface area contributed by atoms with Gasteiger partial charge in [0.05, 0.1) is 12.9 Å². The van der Waals surface area contributed by atoms with Gasteiger partial charge >= 0.3 is 0 Å². The molecule has 0 atom stereocenters. The average Bonchev–Trinajstić information content (AvgIpc) is 2.32. The Kier molecular flexibility index (Phi) is 3.78. The fourth-order valence-electron chi connectivity index (χ4n) is 1.37. The summed E-state index contributed by atoms with van der Waals surface area (Å²) in [6.45, 7) is 0.145. The van der Waals surface area contributed by atoms with Crippen LogP contribution in [0.2, 0.25) is 5.15 Å². The van der Waals surface area contributed by atoms with Crippen molar-refractivity contribution < 1.29 is 4.39 Å². The first-order valence-electron chi connectivity index (χ1n) is 4.73. The largest absolute Gasteiger partial charge is 0.294 e. The lowest BCUT2D eigenvalue weighted by molar-refractivity contribution is 0.593. The number of rotatable bonds is 2. The Morgan fingerprint density at radius 1 is 1.41 bits per heavy atom. The van der Waals surface area contributed by atoms with E-state index >= 15 is 0 Å². The summed E-state index contributed by atoms with van der Waals surface area (Å²) in [4.78, 5) is 15.7. The predicted molar refractivity (Wildman–Crippen MR) is 71.7 cm³/mol. The summed E-state index contributed by atoms with van der Waals surface area (Å²) in [6, 6.07) is 6.31. The van der Waals surface area contributed by atoms with Crippen molar-refractivity contribution in [2.75, 3.05) is 0 Å². The zero-order valence-electron chi connectivity index (χ0n) is 8.53. The lowest BCUT2D eigenvalue weighted by Gasteiger charge is -2.07. The molecule has 3 nitrogen and oxygen atoms in total. The second-order valence-corrected chi connectivity index (χ2v) is 4.81. The van der Waals surface area contributed by atoms with E-state index in [-0.39, 0.29) is 23.1 Å². The molecule has 6 heteroatoms. The molecule has 0 radical (unpaired) electrons. The van der Waals surface area contributed by atoms with E-state index in [1.165, 1.54) is 17.0 Å². The van der Waals surface area contributed by atoms with Crippen molar-refractivity contribution >= 4 is 34.2 Å². The van der Waals surface area contributed by atoms with E-state index < -0.39 is 0 Å². The summed E-state index contributed by atoms with van der Waals surface area (Å²) < 4.78 is 15.1. The molecule has 88 valence electrons. The second-order valence-electron chi connectivity index (χ2n) is 3.37. The summed E-state index contributed by atoms with van der Waals surface area (Å²) in [5.41, 5.74) is 0.170. The van der Waals surface area contributed by atoms with Gasteiger partial charge in [-0.1, -0.05) is 29.8 Å². The normalized spacial score (nSPS) is 10.5. The van der Waals surface area contributed by atoms with E-state index in [1.54, 1.807) is 18.2 Å². The molecule has 0 aliphatic carbocycles. The topological polar surface area (TPSA) is 34.9 Å². The molecule has 0 unspecified atom stereocenters. The molecule has 0 saturated carbocycles. The van der Waals surface area contributed by atoms with E-state index in [4.69, 9.17) is 11.6 Å². The first-order valence-corrected chi connectivity index (χ1v) is 6.19. The number of halogens is 3. The van der Waals surface area contributed by atoms with Gasteiger partial charge in [-0.15, -0.1) is 0 Å². The molecule has 0 amide bonds. The summed E-state index contributed by atoms with van der Waals surface area (Å²) in [7, 11) is 0. The Bertz CT molecular complexity index is 615. The molecule has 0 bridgehead atoms. The van der Waals surface area contributed by atoms with Crippen molar-refractivity contribution in [1.82, 2.24) is 9.55 Å². The Labute approximate surface area is 115 Å². The van der Waals surface area contributed by atoms with E-state index in [0.29, 0.717) is 9.13 Å². The van der Waals surface area contributed by atoms with Crippen molar-refractivity contribution in [3.8, 4) is 0 Å². The molecule has 0 fully saturated rings. The van der Waals surface area contributed by atoms with Crippen LogP contribution >= 0.6 is 34.2 Å². The molecule has 1 heterocycles. The van der Waals surface area contributed by atoms with Crippen molar-refractivity contribution in [3.05, 3.63) is 61.1 Å². The third-order valence-electron chi connectivity index (χ3n) is 2.24. The molecular formula is C11H7ClFIN2O. The fourth-order valence-corrected chi connectivity index (χ4v) is 1.94. The minimum absolute atomic E-state index is 0.145. The minimum atomic E-state index is -0.343. The molecule has 1 aromatic heterocycles. The van der Waals surface area contributed by atoms with Gasteiger partial charge in [-0.3, -0.25) is 9.36 Å². The molecule has 17 heavy (non-hydrogen) atoms. The van der Waals surface area contributed by atoms with E-state index in [1.807, 2.05) is 22.6 Å². The Morgan fingerprint density at radius 2 is 2.12 bits per heavy atom. The summed E-state index contributed by atoms with van der Waals surface area (Å²) >= 11 is 7.54. The van der Waals surface area contributed by atoms with Crippen LogP contribution in [0.4, 0.5) is 4.39 Å². The molecule has 0 spiro atoms. The molecular weight excluding hydrogens is 357 g/mol. The standard InChI is InChI=1S/C11H7ClFIN2O/c12-10-9(14)11(17)16(6-15-10)5-7-3-1-2-4-8(7)13/h1-4,6H,5H2. The number of aromatic nitrogens is 2. The average molecular weight is 365 g/mol. The zero-order chi connectivity index (χ0) is 12.4. The highest BCUT2D eigenvalue weighted by Gasteiger charge is 2.08. The van der Waals surface area contributed by atoms with Gasteiger partial charge in [-0.2, -0.15) is 0 Å². The maximum atomic E-state index is 13.4. The SMILES string of the molecule is O=c1c(I)c(Cl)ncn1Cc1ccccc1F. The summed E-state index contributed by atoms with van der Waals surface area (Å²) in [5, 5.41) is 0.167. The Hall–Kier alpha value is -0.950. The van der Waals surface area contributed by atoms with Crippen LogP contribution in [0.1, 0.15) is 5.56 Å². The molecule has 0 aliphatic rings. The molecule has 0 saturated heterocycles. The number of hydrogen-bond donors (Lipinski definition) is 0. The molecule has 0 N–H and O–H groups in total. The maximum Gasteiger partial charge on any atom is 0.268 e. The van der Waals surface area contributed by atoms with Gasteiger partial charge in [0.1, 0.15) is 14.5 Å². The van der Waals surface area contributed by atoms with Crippen molar-refractivity contribution in [3.63, 3.8) is 0 Å². The lowest BCUT2D eigenvalue weighted by Crippen LogP contribution is -2.24. The van der Waals surface area contributed by atoms with Crippen LogP contribution in [0.5, 0.6) is 0 Å². The summed E-state index contributed by atoms with van der Waals surface area (Å²) in [6.07, 6.45) is 1.32. The second kappa shape index (κ2) is 5.14. The fraction of sp³-hybridized carbons (Fsp3) is 0.0909. The Morgan fingerprint density at radius 3 is 2.82 bits per heavy atom. The maximum absolute atomic E-state index is 13.4. The first-order chi connectivity index (χ1) is 8.09. The van der Waals surface area contributed by atoms with Crippen LogP contribution in [0.15, 0.2) is 35.4 Å². The van der Waals surface area contributed by atoms with Gasteiger partial charge < -0.3 is 0 Å². The van der Waals surface area contributed by atoms with Crippen LogP contribution in [0, 0.1) is 9.39 Å². The molecule has 2 rings (SSSR count). The minimum Gasteiger partial charge on any atom is -0.294 e. The molecule has 1 aromatic carbocycles. The lowest BCUT2D eigenvalue weighted by atomic mass is 10.2. The highest BCUT2D eigenvalue weighted by Crippen LogP contribution is 2.11. The van der Waals surface area contributed by atoms with Crippen molar-refractivity contribution in [2.24, 2.45) is 0 Å². The van der Waals surface area contributed by atoms with Gasteiger partial charge in [-0.25, -0.2) is 9.37 Å². The quantitative estimate of drug-likeness (QED) is 0.607. The number of nitrogens with zero attached hydrogens (tertiary/aromatic N) is 2. The highest BCUT2D eigenvalue weighted by atomic mass is 127. The van der Waals surface area contributed by atoms with Crippen LogP contribution < -0.4 is 5.56 Å². The van der Waals surface area contributed by atoms with Gasteiger partial charge in [0.2, 0.25) is 0 Å². The van der Waals surface area contributed by atoms with E-state index in [9.17, 15) is 9.18 Å². The molecule has 2 aromatic rings. The monoisotopic (exact) mass is 364 g/mol. The highest BCUT2D eigenvalue weighted by molar-refractivity contribution is 14.1. The summed E-state index contributed by atoms with van der Waals surface area (Å²) in [5.74, 6) is -0.343. The zero-order valence-corrected chi connectivity index (χ0v) is 11.4. The van der Waals surface area contributed by atoms with Crippen molar-refractivity contribution in [2.45, 2.75) is 6.54 Å². The van der Waals surface area contributed by atoms with Crippen molar-refractivity contribution in [1.29, 1.82) is 0 Å². The van der Waals surface area contributed by atoms with Crippen LogP contribution in [-0.2, 0) is 6.54 Å². The van der Waals surface area contributed by atoms with Crippen LogP contribution in [-0.4, -0.2) is 9.55 Å². The van der Waals surface area contributed by atoms with Gasteiger partial charge in [-0.05, 0) is 28.7 Å². The number of benzene rings is 1. The predicted octanol–water partition coefficient (Wildman–Crippen LogP) is 2.69. The Balaban J connectivity index is 2.41. The molecule has 0 aliphatic heterocycles. The third-order valence-corrected chi connectivity index (χ3v) is 3.82. The van der Waals surface area contributed by atoms with Gasteiger partial charge in [0.25, 0.3) is 5.56 Å². The van der Waals surface area contributed by atoms with Crippen LogP contribution in [0.3, 0.4) is 0 Å². The van der Waals surface area contributed by atoms with E-state index in [0.717, 1.165) is 0 Å². The van der Waals surface area contributed by atoms with Gasteiger partial charge in [0.15, 0.2) is 0 Å². The van der Waals surface area contributed by atoms with E-state index in [2.05, 4.69) is 4.98 Å². The third kappa shape index (κ3) is 2.66.